The predicted octanol–water partition coefficient (Wildman–Crippen LogP) is 1.74. The van der Waals surface area contributed by atoms with Crippen molar-refractivity contribution in [3.05, 3.63) is 0 Å². The third-order valence-electron chi connectivity index (χ3n) is 2.87. The van der Waals surface area contributed by atoms with Crippen molar-refractivity contribution in [2.75, 3.05) is 6.54 Å². The number of carbonyl (C=O) groups excluding carboxylic acids is 1. The summed E-state index contributed by atoms with van der Waals surface area (Å²) in [5, 5.41) is 3.38. The van der Waals surface area contributed by atoms with Gasteiger partial charge in [-0.1, -0.05) is 20.8 Å². The van der Waals surface area contributed by atoms with Gasteiger partial charge in [-0.05, 0) is 18.4 Å². The van der Waals surface area contributed by atoms with Crippen LogP contribution in [-0.4, -0.2) is 18.4 Å². The van der Waals surface area contributed by atoms with Crippen LogP contribution < -0.4 is 5.32 Å². The van der Waals surface area contributed by atoms with Crippen LogP contribution in [0, 0.1) is 5.41 Å². The highest BCUT2D eigenvalue weighted by atomic mass is 16.1. The molecule has 1 aliphatic carbocycles. The number of Topliss-reactive ketones (excluding diaryl/α,β-unsaturated/α-hetero) is 1. The maximum atomic E-state index is 11.2. The van der Waals surface area contributed by atoms with Crippen molar-refractivity contribution < 1.29 is 4.79 Å². The quantitative estimate of drug-likeness (QED) is 0.682. The summed E-state index contributed by atoms with van der Waals surface area (Å²) in [5.74, 6) is 0.417. The summed E-state index contributed by atoms with van der Waals surface area (Å²) in [6, 6.07) is 0.392. The van der Waals surface area contributed by atoms with E-state index < -0.39 is 0 Å². The summed E-state index contributed by atoms with van der Waals surface area (Å²) in [4.78, 5) is 11.2. The Labute approximate surface area is 74.7 Å². The van der Waals surface area contributed by atoms with Gasteiger partial charge in [-0.2, -0.15) is 0 Å². The molecule has 1 N–H and O–H groups in total. The van der Waals surface area contributed by atoms with Crippen molar-refractivity contribution in [1.82, 2.24) is 5.32 Å². The topological polar surface area (TPSA) is 29.1 Å². The fraction of sp³-hybridized carbons (Fsp3) is 0.900. The molecule has 0 spiro atoms. The zero-order chi connectivity index (χ0) is 9.19. The zero-order valence-corrected chi connectivity index (χ0v) is 8.31. The predicted molar refractivity (Wildman–Crippen MR) is 50.1 cm³/mol. The first-order valence-electron chi connectivity index (χ1n) is 4.81. The molecule has 0 aromatic rings. The lowest BCUT2D eigenvalue weighted by Crippen LogP contribution is -2.46. The lowest BCUT2D eigenvalue weighted by Gasteiger charge is -2.38. The van der Waals surface area contributed by atoms with Gasteiger partial charge in [-0.3, -0.25) is 4.79 Å². The van der Waals surface area contributed by atoms with Crippen LogP contribution in [0.15, 0.2) is 0 Å². The number of hydrogen-bond donors (Lipinski definition) is 1. The Morgan fingerprint density at radius 3 is 2.83 bits per heavy atom. The first-order chi connectivity index (χ1) is 5.56. The van der Waals surface area contributed by atoms with Crippen molar-refractivity contribution in [2.24, 2.45) is 5.41 Å². The van der Waals surface area contributed by atoms with Crippen LogP contribution in [0.1, 0.15) is 40.0 Å². The first kappa shape index (κ1) is 9.72. The molecule has 1 aliphatic rings. The van der Waals surface area contributed by atoms with E-state index in [9.17, 15) is 4.79 Å². The van der Waals surface area contributed by atoms with Crippen LogP contribution in [0.2, 0.25) is 0 Å². The summed E-state index contributed by atoms with van der Waals surface area (Å²) >= 11 is 0. The van der Waals surface area contributed by atoms with E-state index in [0.29, 0.717) is 17.2 Å². The summed E-state index contributed by atoms with van der Waals surface area (Å²) in [5.41, 5.74) is 0.296. The lowest BCUT2D eigenvalue weighted by molar-refractivity contribution is -0.123. The van der Waals surface area contributed by atoms with Gasteiger partial charge in [0.15, 0.2) is 0 Å². The number of carbonyl (C=O) groups is 1. The average Bonchev–Trinajstić information content (AvgIpc) is 1.98. The molecule has 0 bridgehead atoms. The molecule has 1 saturated carbocycles. The molecule has 0 aromatic heterocycles. The summed E-state index contributed by atoms with van der Waals surface area (Å²) in [7, 11) is 0. The van der Waals surface area contributed by atoms with Gasteiger partial charge in [0, 0.05) is 18.9 Å². The van der Waals surface area contributed by atoms with E-state index in [1.54, 1.807) is 0 Å². The molecule has 2 heteroatoms. The van der Waals surface area contributed by atoms with Gasteiger partial charge in [-0.15, -0.1) is 0 Å². The molecule has 0 aliphatic heterocycles. The fourth-order valence-electron chi connectivity index (χ4n) is 1.84. The van der Waals surface area contributed by atoms with E-state index in [4.69, 9.17) is 0 Å². The maximum Gasteiger partial charge on any atom is 0.134 e. The van der Waals surface area contributed by atoms with Crippen LogP contribution in [0.3, 0.4) is 0 Å². The van der Waals surface area contributed by atoms with Crippen LogP contribution in [0.4, 0.5) is 0 Å². The molecule has 0 saturated heterocycles. The van der Waals surface area contributed by atoms with E-state index in [2.05, 4.69) is 26.1 Å². The second-order valence-corrected chi connectivity index (χ2v) is 4.34. The van der Waals surface area contributed by atoms with Gasteiger partial charge in [0.2, 0.25) is 0 Å². The number of nitrogens with one attached hydrogen (secondary N) is 1. The maximum absolute atomic E-state index is 11.2. The Balaban J connectivity index is 2.58. The van der Waals surface area contributed by atoms with Gasteiger partial charge in [0.25, 0.3) is 0 Å². The van der Waals surface area contributed by atoms with Gasteiger partial charge in [0.1, 0.15) is 5.78 Å². The first-order valence-corrected chi connectivity index (χ1v) is 4.81. The Bertz CT molecular complexity index is 175. The van der Waals surface area contributed by atoms with Crippen molar-refractivity contribution >= 4 is 5.78 Å². The normalized spacial score (nSPS) is 28.9. The van der Waals surface area contributed by atoms with E-state index in [0.717, 1.165) is 25.8 Å². The van der Waals surface area contributed by atoms with Crippen molar-refractivity contribution in [2.45, 2.75) is 46.1 Å². The van der Waals surface area contributed by atoms with Crippen molar-refractivity contribution in [1.29, 1.82) is 0 Å². The molecule has 0 heterocycles. The van der Waals surface area contributed by atoms with E-state index in [1.807, 2.05) is 0 Å². The molecule has 1 atom stereocenters. The van der Waals surface area contributed by atoms with Crippen LogP contribution in [-0.2, 0) is 4.79 Å². The largest absolute Gasteiger partial charge is 0.313 e. The third kappa shape index (κ3) is 2.07. The van der Waals surface area contributed by atoms with E-state index in [1.165, 1.54) is 0 Å². The second-order valence-electron chi connectivity index (χ2n) is 4.34. The summed E-state index contributed by atoms with van der Waals surface area (Å²) in [6.45, 7) is 7.54. The second kappa shape index (κ2) is 3.56. The fourth-order valence-corrected chi connectivity index (χ4v) is 1.84. The SMILES string of the molecule is CCNC1CC(=O)CCC1(C)C. The van der Waals surface area contributed by atoms with Crippen LogP contribution in [0.5, 0.6) is 0 Å². The number of ketones is 1. The molecule has 70 valence electrons. The molecule has 1 rings (SSSR count). The molecule has 0 amide bonds. The van der Waals surface area contributed by atoms with Crippen molar-refractivity contribution in [3.8, 4) is 0 Å². The Morgan fingerprint density at radius 2 is 2.25 bits per heavy atom. The third-order valence-corrected chi connectivity index (χ3v) is 2.87. The zero-order valence-electron chi connectivity index (χ0n) is 8.31. The minimum absolute atomic E-state index is 0.296. The molecule has 1 unspecified atom stereocenters. The molecule has 2 nitrogen and oxygen atoms in total. The van der Waals surface area contributed by atoms with Crippen LogP contribution in [0.25, 0.3) is 0 Å². The highest BCUT2D eigenvalue weighted by Crippen LogP contribution is 2.33. The van der Waals surface area contributed by atoms with E-state index in [-0.39, 0.29) is 0 Å². The van der Waals surface area contributed by atoms with Gasteiger partial charge in [0.05, 0.1) is 0 Å². The minimum atomic E-state index is 0.296. The standard InChI is InChI=1S/C10H19NO/c1-4-11-9-7-8(12)5-6-10(9,2)3/h9,11H,4-7H2,1-3H3. The lowest BCUT2D eigenvalue weighted by atomic mass is 9.73. The van der Waals surface area contributed by atoms with E-state index >= 15 is 0 Å². The highest BCUT2D eigenvalue weighted by Gasteiger charge is 2.34. The van der Waals surface area contributed by atoms with Crippen molar-refractivity contribution in [3.63, 3.8) is 0 Å². The van der Waals surface area contributed by atoms with Gasteiger partial charge in [-0.25, -0.2) is 0 Å². The Hall–Kier alpha value is -0.370. The molecule has 0 aromatic carbocycles. The molecular formula is C10H19NO. The smallest absolute Gasteiger partial charge is 0.134 e. The molecule has 0 radical (unpaired) electrons. The number of rotatable bonds is 2. The number of hydrogen-bond acceptors (Lipinski definition) is 2. The summed E-state index contributed by atoms with van der Waals surface area (Å²) in [6.07, 6.45) is 2.53. The molecule has 12 heavy (non-hydrogen) atoms. The van der Waals surface area contributed by atoms with Gasteiger partial charge < -0.3 is 5.32 Å². The minimum Gasteiger partial charge on any atom is -0.313 e. The summed E-state index contributed by atoms with van der Waals surface area (Å²) < 4.78 is 0. The van der Waals surface area contributed by atoms with Crippen LogP contribution >= 0.6 is 0 Å². The average molecular weight is 169 g/mol. The monoisotopic (exact) mass is 169 g/mol. The Morgan fingerprint density at radius 1 is 1.58 bits per heavy atom. The Kier molecular flexibility index (Phi) is 2.89. The molecule has 1 fully saturated rings. The van der Waals surface area contributed by atoms with Gasteiger partial charge >= 0.3 is 0 Å². The molecular weight excluding hydrogens is 150 g/mol. The highest BCUT2D eigenvalue weighted by molar-refractivity contribution is 5.80.